The van der Waals surface area contributed by atoms with Crippen LogP contribution in [0.5, 0.6) is 0 Å². The molecule has 30 heavy (non-hydrogen) atoms. The van der Waals surface area contributed by atoms with Gasteiger partial charge in [-0.1, -0.05) is 18.2 Å². The number of aryl methyl sites for hydroxylation is 2. The van der Waals surface area contributed by atoms with Crippen molar-refractivity contribution in [3.63, 3.8) is 0 Å². The third-order valence-corrected chi connectivity index (χ3v) is 6.95. The van der Waals surface area contributed by atoms with Gasteiger partial charge in [0, 0.05) is 28.1 Å². The maximum Gasteiger partial charge on any atom is 0.224 e. The highest BCUT2D eigenvalue weighted by atomic mass is 32.1. The average molecular weight is 437 g/mol. The molecular weight excluding hydrogens is 412 g/mol. The first kappa shape index (κ1) is 20.5. The van der Waals surface area contributed by atoms with Crippen molar-refractivity contribution in [3.05, 3.63) is 74.7 Å². The van der Waals surface area contributed by atoms with Gasteiger partial charge in [0.2, 0.25) is 5.91 Å². The molecule has 0 aliphatic rings. The number of aromatic nitrogens is 3. The standard InChI is InChI=1S/C23H24N4OS2/c1-15-20(16(2)27(26-15)18-7-5-4-6-8-18)13-23(28)24-12-11-19-9-10-22(30-19)21-14-29-17(3)25-21/h4-10,14H,11-13H2,1-3H3,(H,24,28). The van der Waals surface area contributed by atoms with E-state index in [4.69, 9.17) is 0 Å². The fraction of sp³-hybridized carbons (Fsp3) is 0.261. The highest BCUT2D eigenvalue weighted by Gasteiger charge is 2.16. The van der Waals surface area contributed by atoms with Gasteiger partial charge in [0.1, 0.15) is 0 Å². The van der Waals surface area contributed by atoms with E-state index < -0.39 is 0 Å². The van der Waals surface area contributed by atoms with E-state index in [0.717, 1.165) is 39.8 Å². The molecule has 5 nitrogen and oxygen atoms in total. The van der Waals surface area contributed by atoms with Crippen LogP contribution in [0.3, 0.4) is 0 Å². The van der Waals surface area contributed by atoms with Crippen molar-refractivity contribution >= 4 is 28.6 Å². The summed E-state index contributed by atoms with van der Waals surface area (Å²) in [6, 6.07) is 14.2. The van der Waals surface area contributed by atoms with Crippen LogP contribution < -0.4 is 5.32 Å². The number of nitrogens with zero attached hydrogens (tertiary/aromatic N) is 3. The highest BCUT2D eigenvalue weighted by Crippen LogP contribution is 2.29. The number of amides is 1. The van der Waals surface area contributed by atoms with Crippen molar-refractivity contribution < 1.29 is 4.79 Å². The van der Waals surface area contributed by atoms with Crippen LogP contribution in [0.2, 0.25) is 0 Å². The molecule has 0 radical (unpaired) electrons. The third kappa shape index (κ3) is 4.52. The summed E-state index contributed by atoms with van der Waals surface area (Å²) in [7, 11) is 0. The minimum Gasteiger partial charge on any atom is -0.355 e. The second-order valence-electron chi connectivity index (χ2n) is 7.19. The number of carbonyl (C=O) groups excluding carboxylic acids is 1. The van der Waals surface area contributed by atoms with Crippen LogP contribution in [-0.4, -0.2) is 27.2 Å². The predicted molar refractivity (Wildman–Crippen MR) is 124 cm³/mol. The van der Waals surface area contributed by atoms with Gasteiger partial charge in [-0.25, -0.2) is 9.67 Å². The molecule has 0 saturated heterocycles. The maximum atomic E-state index is 12.5. The average Bonchev–Trinajstić information content (AvgIpc) is 3.44. The van der Waals surface area contributed by atoms with E-state index in [1.165, 1.54) is 9.75 Å². The number of hydrogen-bond acceptors (Lipinski definition) is 5. The summed E-state index contributed by atoms with van der Waals surface area (Å²) >= 11 is 3.41. The van der Waals surface area contributed by atoms with Gasteiger partial charge in [-0.15, -0.1) is 22.7 Å². The molecule has 154 valence electrons. The Hall–Kier alpha value is -2.77. The molecule has 1 N–H and O–H groups in total. The second kappa shape index (κ2) is 8.93. The fourth-order valence-corrected chi connectivity index (χ4v) is 5.08. The van der Waals surface area contributed by atoms with Gasteiger partial charge in [0.25, 0.3) is 0 Å². The number of nitrogens with one attached hydrogen (secondary N) is 1. The molecule has 7 heteroatoms. The number of rotatable bonds is 7. The Bertz CT molecular complexity index is 1160. The van der Waals surface area contributed by atoms with Gasteiger partial charge < -0.3 is 5.32 Å². The first-order valence-electron chi connectivity index (χ1n) is 9.89. The van der Waals surface area contributed by atoms with Crippen LogP contribution in [-0.2, 0) is 17.6 Å². The van der Waals surface area contributed by atoms with Crippen LogP contribution in [0, 0.1) is 20.8 Å². The summed E-state index contributed by atoms with van der Waals surface area (Å²) in [4.78, 5) is 19.5. The number of hydrogen-bond donors (Lipinski definition) is 1. The largest absolute Gasteiger partial charge is 0.355 e. The highest BCUT2D eigenvalue weighted by molar-refractivity contribution is 7.16. The van der Waals surface area contributed by atoms with Crippen LogP contribution in [0.25, 0.3) is 16.3 Å². The van der Waals surface area contributed by atoms with Crippen molar-refractivity contribution in [1.29, 1.82) is 0 Å². The van der Waals surface area contributed by atoms with E-state index >= 15 is 0 Å². The SMILES string of the molecule is Cc1nc(-c2ccc(CCNC(=O)Cc3c(C)nn(-c4ccccc4)c3C)s2)cs1. The molecule has 0 aliphatic heterocycles. The molecule has 0 aliphatic carbocycles. The van der Waals surface area contributed by atoms with Gasteiger partial charge in [0.15, 0.2) is 0 Å². The predicted octanol–water partition coefficient (Wildman–Crippen LogP) is 4.88. The number of benzene rings is 1. The summed E-state index contributed by atoms with van der Waals surface area (Å²) < 4.78 is 1.91. The summed E-state index contributed by atoms with van der Waals surface area (Å²) in [5.74, 6) is 0.0284. The lowest BCUT2D eigenvalue weighted by molar-refractivity contribution is -0.120. The van der Waals surface area contributed by atoms with E-state index in [9.17, 15) is 4.79 Å². The van der Waals surface area contributed by atoms with E-state index in [0.29, 0.717) is 13.0 Å². The minimum atomic E-state index is 0.0284. The second-order valence-corrected chi connectivity index (χ2v) is 9.42. The smallest absolute Gasteiger partial charge is 0.224 e. The third-order valence-electron chi connectivity index (χ3n) is 5.01. The molecule has 0 unspecified atom stereocenters. The van der Waals surface area contributed by atoms with Crippen molar-refractivity contribution in [3.8, 4) is 16.3 Å². The zero-order chi connectivity index (χ0) is 21.1. The molecule has 0 atom stereocenters. The first-order valence-corrected chi connectivity index (χ1v) is 11.6. The zero-order valence-corrected chi connectivity index (χ0v) is 18.9. The fourth-order valence-electron chi connectivity index (χ4n) is 3.43. The first-order chi connectivity index (χ1) is 14.5. The van der Waals surface area contributed by atoms with Gasteiger partial charge >= 0.3 is 0 Å². The van der Waals surface area contributed by atoms with Gasteiger partial charge in [-0.2, -0.15) is 5.10 Å². The Morgan fingerprint density at radius 1 is 1.10 bits per heavy atom. The Morgan fingerprint density at radius 2 is 1.90 bits per heavy atom. The molecule has 0 saturated carbocycles. The topological polar surface area (TPSA) is 59.8 Å². The minimum absolute atomic E-state index is 0.0284. The summed E-state index contributed by atoms with van der Waals surface area (Å²) in [5.41, 5.74) is 4.95. The Morgan fingerprint density at radius 3 is 2.63 bits per heavy atom. The summed E-state index contributed by atoms with van der Waals surface area (Å²) in [6.07, 6.45) is 1.17. The molecule has 1 amide bonds. The quantitative estimate of drug-likeness (QED) is 0.449. The van der Waals surface area contributed by atoms with Crippen LogP contribution >= 0.6 is 22.7 Å². The molecule has 3 heterocycles. The summed E-state index contributed by atoms with van der Waals surface area (Å²) in [5, 5.41) is 10.8. The Labute approximate surface area is 184 Å². The van der Waals surface area contributed by atoms with Crippen LogP contribution in [0.4, 0.5) is 0 Å². The van der Waals surface area contributed by atoms with E-state index in [1.807, 2.05) is 55.8 Å². The van der Waals surface area contributed by atoms with Crippen LogP contribution in [0.1, 0.15) is 26.8 Å². The number of thiazole rings is 1. The van der Waals surface area contributed by atoms with Gasteiger partial charge in [0.05, 0.1) is 33.4 Å². The van der Waals surface area contributed by atoms with Gasteiger partial charge in [-0.05, 0) is 51.5 Å². The lowest BCUT2D eigenvalue weighted by Gasteiger charge is -2.06. The van der Waals surface area contributed by atoms with E-state index in [2.05, 4.69) is 32.9 Å². The maximum absolute atomic E-state index is 12.5. The monoisotopic (exact) mass is 436 g/mol. The number of carbonyl (C=O) groups is 1. The molecule has 0 fully saturated rings. The number of para-hydroxylation sites is 1. The van der Waals surface area contributed by atoms with Gasteiger partial charge in [-0.3, -0.25) is 4.79 Å². The lowest BCUT2D eigenvalue weighted by Crippen LogP contribution is -2.27. The van der Waals surface area contributed by atoms with Crippen molar-refractivity contribution in [2.75, 3.05) is 6.54 Å². The molecule has 4 aromatic rings. The normalized spacial score (nSPS) is 11.0. The van der Waals surface area contributed by atoms with Crippen molar-refractivity contribution in [1.82, 2.24) is 20.1 Å². The molecule has 0 spiro atoms. The molecule has 3 aromatic heterocycles. The molecule has 0 bridgehead atoms. The van der Waals surface area contributed by atoms with E-state index in [1.54, 1.807) is 22.7 Å². The molecular formula is C23H24N4OS2. The molecule has 4 rings (SSSR count). The lowest BCUT2D eigenvalue weighted by atomic mass is 10.1. The Kier molecular flexibility index (Phi) is 6.11. The summed E-state index contributed by atoms with van der Waals surface area (Å²) in [6.45, 7) is 6.62. The van der Waals surface area contributed by atoms with E-state index in [-0.39, 0.29) is 5.91 Å². The Balaban J connectivity index is 1.34. The molecule has 1 aromatic carbocycles. The van der Waals surface area contributed by atoms with Crippen molar-refractivity contribution in [2.24, 2.45) is 0 Å². The van der Waals surface area contributed by atoms with Crippen molar-refractivity contribution in [2.45, 2.75) is 33.6 Å². The van der Waals surface area contributed by atoms with Crippen LogP contribution in [0.15, 0.2) is 47.8 Å². The number of thiophene rings is 1. The zero-order valence-electron chi connectivity index (χ0n) is 17.3.